The van der Waals surface area contributed by atoms with E-state index in [9.17, 15) is 4.39 Å². The smallest absolute Gasteiger partial charge is 0.123 e. The summed E-state index contributed by atoms with van der Waals surface area (Å²) in [5, 5.41) is 3.43. The van der Waals surface area contributed by atoms with E-state index >= 15 is 0 Å². The lowest BCUT2D eigenvalue weighted by Gasteiger charge is -2.38. The molecule has 94 valence electrons. The maximum atomic E-state index is 13.2. The first kappa shape index (κ1) is 12.5. The van der Waals surface area contributed by atoms with Gasteiger partial charge in [-0.1, -0.05) is 26.0 Å². The molecule has 1 fully saturated rings. The maximum absolute atomic E-state index is 13.2. The predicted molar refractivity (Wildman–Crippen MR) is 66.3 cm³/mol. The van der Waals surface area contributed by atoms with Gasteiger partial charge in [0, 0.05) is 12.6 Å². The molecule has 0 bridgehead atoms. The second kappa shape index (κ2) is 5.15. The van der Waals surface area contributed by atoms with Crippen molar-refractivity contribution in [3.05, 3.63) is 35.6 Å². The molecule has 1 aromatic rings. The Balaban J connectivity index is 2.18. The van der Waals surface area contributed by atoms with Gasteiger partial charge in [-0.05, 0) is 30.5 Å². The zero-order chi connectivity index (χ0) is 12.4. The Hall–Kier alpha value is -0.930. The lowest BCUT2D eigenvalue weighted by molar-refractivity contribution is -0.0807. The quantitative estimate of drug-likeness (QED) is 0.854. The SMILES string of the molecule is CC(C)C1CNC(C)C(c2cccc(F)c2)O1. The largest absolute Gasteiger partial charge is 0.367 e. The first-order valence-electron chi connectivity index (χ1n) is 6.22. The third kappa shape index (κ3) is 2.85. The van der Waals surface area contributed by atoms with Crippen molar-refractivity contribution in [2.45, 2.75) is 39.0 Å². The average molecular weight is 237 g/mol. The molecule has 1 aromatic carbocycles. The number of hydrogen-bond donors (Lipinski definition) is 1. The molecule has 1 N–H and O–H groups in total. The average Bonchev–Trinajstić information content (AvgIpc) is 2.29. The van der Waals surface area contributed by atoms with Crippen LogP contribution in [-0.4, -0.2) is 18.7 Å². The van der Waals surface area contributed by atoms with E-state index in [0.717, 1.165) is 12.1 Å². The summed E-state index contributed by atoms with van der Waals surface area (Å²) in [6.45, 7) is 7.23. The molecule has 1 aliphatic rings. The van der Waals surface area contributed by atoms with Gasteiger partial charge in [0.25, 0.3) is 0 Å². The van der Waals surface area contributed by atoms with Gasteiger partial charge in [-0.3, -0.25) is 0 Å². The Morgan fingerprint density at radius 2 is 2.18 bits per heavy atom. The molecule has 3 unspecified atom stereocenters. The van der Waals surface area contributed by atoms with E-state index in [1.54, 1.807) is 12.1 Å². The Morgan fingerprint density at radius 1 is 1.41 bits per heavy atom. The Kier molecular flexibility index (Phi) is 3.79. The van der Waals surface area contributed by atoms with Crippen LogP contribution in [0.1, 0.15) is 32.4 Å². The minimum atomic E-state index is -0.204. The van der Waals surface area contributed by atoms with Gasteiger partial charge in [-0.2, -0.15) is 0 Å². The molecule has 0 aliphatic carbocycles. The van der Waals surface area contributed by atoms with Gasteiger partial charge in [0.1, 0.15) is 5.82 Å². The molecule has 0 amide bonds. The van der Waals surface area contributed by atoms with E-state index < -0.39 is 0 Å². The predicted octanol–water partition coefficient (Wildman–Crippen LogP) is 2.90. The van der Waals surface area contributed by atoms with Crippen molar-refractivity contribution in [2.24, 2.45) is 5.92 Å². The molecule has 0 aromatic heterocycles. The molecule has 0 spiro atoms. The van der Waals surface area contributed by atoms with Crippen molar-refractivity contribution in [2.75, 3.05) is 6.54 Å². The number of ether oxygens (including phenoxy) is 1. The number of benzene rings is 1. The van der Waals surface area contributed by atoms with Gasteiger partial charge in [-0.25, -0.2) is 4.39 Å². The highest BCUT2D eigenvalue weighted by Gasteiger charge is 2.30. The van der Waals surface area contributed by atoms with Gasteiger partial charge >= 0.3 is 0 Å². The maximum Gasteiger partial charge on any atom is 0.123 e. The number of halogens is 1. The number of rotatable bonds is 2. The minimum absolute atomic E-state index is 0.0631. The fourth-order valence-corrected chi connectivity index (χ4v) is 2.21. The van der Waals surface area contributed by atoms with Crippen molar-refractivity contribution in [1.82, 2.24) is 5.32 Å². The van der Waals surface area contributed by atoms with Crippen LogP contribution in [0.25, 0.3) is 0 Å². The van der Waals surface area contributed by atoms with Crippen LogP contribution in [-0.2, 0) is 4.74 Å². The molecule has 0 radical (unpaired) electrons. The van der Waals surface area contributed by atoms with Crippen molar-refractivity contribution >= 4 is 0 Å². The van der Waals surface area contributed by atoms with Crippen molar-refractivity contribution < 1.29 is 9.13 Å². The third-order valence-corrected chi connectivity index (χ3v) is 3.34. The molecule has 17 heavy (non-hydrogen) atoms. The monoisotopic (exact) mass is 237 g/mol. The van der Waals surface area contributed by atoms with Gasteiger partial charge in [-0.15, -0.1) is 0 Å². The zero-order valence-corrected chi connectivity index (χ0v) is 10.6. The summed E-state index contributed by atoms with van der Waals surface area (Å²) in [5.74, 6) is 0.260. The molecule has 1 saturated heterocycles. The molecule has 1 heterocycles. The second-order valence-electron chi connectivity index (χ2n) is 5.09. The number of hydrogen-bond acceptors (Lipinski definition) is 2. The molecule has 3 atom stereocenters. The van der Waals surface area contributed by atoms with E-state index in [4.69, 9.17) is 4.74 Å². The van der Waals surface area contributed by atoms with E-state index in [0.29, 0.717) is 5.92 Å². The van der Waals surface area contributed by atoms with Crippen molar-refractivity contribution in [1.29, 1.82) is 0 Å². The fourth-order valence-electron chi connectivity index (χ4n) is 2.21. The van der Waals surface area contributed by atoms with E-state index in [1.807, 2.05) is 6.07 Å². The lowest BCUT2D eigenvalue weighted by atomic mass is 9.98. The first-order chi connectivity index (χ1) is 8.08. The van der Waals surface area contributed by atoms with Crippen LogP contribution in [0.3, 0.4) is 0 Å². The van der Waals surface area contributed by atoms with Crippen LogP contribution in [0.5, 0.6) is 0 Å². The van der Waals surface area contributed by atoms with E-state index in [1.165, 1.54) is 6.07 Å². The van der Waals surface area contributed by atoms with Crippen molar-refractivity contribution in [3.63, 3.8) is 0 Å². The normalized spacial score (nSPS) is 29.6. The fraction of sp³-hybridized carbons (Fsp3) is 0.571. The molecular weight excluding hydrogens is 217 g/mol. The van der Waals surface area contributed by atoms with E-state index in [-0.39, 0.29) is 24.1 Å². The number of nitrogens with one attached hydrogen (secondary N) is 1. The Labute approximate surface area is 102 Å². The molecule has 0 saturated carbocycles. The van der Waals surface area contributed by atoms with Gasteiger partial charge in [0.2, 0.25) is 0 Å². The summed E-state index contributed by atoms with van der Waals surface area (Å²) in [7, 11) is 0. The molecule has 2 nitrogen and oxygen atoms in total. The zero-order valence-electron chi connectivity index (χ0n) is 10.6. The molecular formula is C14H20FNO. The van der Waals surface area contributed by atoms with Gasteiger partial charge < -0.3 is 10.1 Å². The highest BCUT2D eigenvalue weighted by atomic mass is 19.1. The van der Waals surface area contributed by atoms with Crippen LogP contribution >= 0.6 is 0 Å². The molecule has 1 aliphatic heterocycles. The van der Waals surface area contributed by atoms with E-state index in [2.05, 4.69) is 26.1 Å². The second-order valence-corrected chi connectivity index (χ2v) is 5.09. The highest BCUT2D eigenvalue weighted by Crippen LogP contribution is 2.28. The van der Waals surface area contributed by atoms with Crippen LogP contribution in [0.4, 0.5) is 4.39 Å². The Bertz CT molecular complexity index is 380. The Morgan fingerprint density at radius 3 is 2.82 bits per heavy atom. The standard InChI is InChI=1S/C14H20FNO/c1-9(2)13-8-16-10(3)14(17-13)11-5-4-6-12(15)7-11/h4-7,9-10,13-14,16H,8H2,1-3H3. The summed E-state index contributed by atoms with van der Waals surface area (Å²) in [6.07, 6.45) is 0.131. The van der Waals surface area contributed by atoms with Crippen molar-refractivity contribution in [3.8, 4) is 0 Å². The number of morpholine rings is 1. The summed E-state index contributed by atoms with van der Waals surface area (Å²) in [4.78, 5) is 0. The lowest BCUT2D eigenvalue weighted by Crippen LogP contribution is -2.48. The minimum Gasteiger partial charge on any atom is -0.367 e. The summed E-state index contributed by atoms with van der Waals surface area (Å²) in [6, 6.07) is 6.90. The van der Waals surface area contributed by atoms with Gasteiger partial charge in [0.15, 0.2) is 0 Å². The highest BCUT2D eigenvalue weighted by molar-refractivity contribution is 5.21. The molecule has 2 rings (SSSR count). The van der Waals surface area contributed by atoms with Gasteiger partial charge in [0.05, 0.1) is 12.2 Å². The van der Waals surface area contributed by atoms with Crippen LogP contribution in [0.15, 0.2) is 24.3 Å². The van der Waals surface area contributed by atoms with Crippen LogP contribution < -0.4 is 5.32 Å². The summed E-state index contributed by atoms with van der Waals surface area (Å²) in [5.41, 5.74) is 0.912. The summed E-state index contributed by atoms with van der Waals surface area (Å²) >= 11 is 0. The molecule has 3 heteroatoms. The first-order valence-corrected chi connectivity index (χ1v) is 6.22. The third-order valence-electron chi connectivity index (χ3n) is 3.34. The van der Waals surface area contributed by atoms with Crippen LogP contribution in [0, 0.1) is 11.7 Å². The van der Waals surface area contributed by atoms with Crippen LogP contribution in [0.2, 0.25) is 0 Å². The topological polar surface area (TPSA) is 21.3 Å². The summed E-state index contributed by atoms with van der Waals surface area (Å²) < 4.78 is 19.3.